The van der Waals surface area contributed by atoms with Gasteiger partial charge in [-0.25, -0.2) is 0 Å². The highest BCUT2D eigenvalue weighted by molar-refractivity contribution is 5.95. The number of rotatable bonds is 3. The quantitative estimate of drug-likeness (QED) is 0.842. The van der Waals surface area contributed by atoms with E-state index in [1.54, 1.807) is 0 Å². The molecule has 1 saturated carbocycles. The lowest BCUT2D eigenvalue weighted by Gasteiger charge is -2.26. The minimum atomic E-state index is -0.227. The van der Waals surface area contributed by atoms with Crippen LogP contribution in [0.2, 0.25) is 0 Å². The van der Waals surface area contributed by atoms with Crippen LogP contribution in [0, 0.1) is 5.92 Å². The van der Waals surface area contributed by atoms with Crippen LogP contribution in [0.15, 0.2) is 60.7 Å². The first-order valence-electron chi connectivity index (χ1n) is 7.64. The van der Waals surface area contributed by atoms with E-state index >= 15 is 0 Å². The lowest BCUT2D eigenvalue weighted by atomic mass is 9.94. The van der Waals surface area contributed by atoms with Crippen molar-refractivity contribution in [3.05, 3.63) is 71.8 Å². The molecule has 2 nitrogen and oxygen atoms in total. The van der Waals surface area contributed by atoms with E-state index in [0.29, 0.717) is 17.9 Å². The molecule has 2 fully saturated rings. The lowest BCUT2D eigenvalue weighted by molar-refractivity contribution is -0.133. The standard InChI is InChI=1S/C19H19NO/c1-14-17-12-19(17,16-10-6-3-7-11-16)18(21)20(14)13-15-8-4-2-5-9-15/h2-11,14,17H,12-13H2,1H3/t14-,17-,19+/m0/s1. The fraction of sp³-hybridized carbons (Fsp3) is 0.316. The maximum absolute atomic E-state index is 13.0. The molecule has 0 radical (unpaired) electrons. The number of benzene rings is 2. The van der Waals surface area contributed by atoms with E-state index in [-0.39, 0.29) is 5.41 Å². The SMILES string of the molecule is C[C@H]1[C@@H]2C[C@]2(c2ccccc2)C(=O)N1Cc1ccccc1. The van der Waals surface area contributed by atoms with E-state index in [1.807, 2.05) is 36.4 Å². The Morgan fingerprint density at radius 2 is 1.67 bits per heavy atom. The summed E-state index contributed by atoms with van der Waals surface area (Å²) in [7, 11) is 0. The van der Waals surface area contributed by atoms with E-state index in [2.05, 4.69) is 36.1 Å². The maximum atomic E-state index is 13.0. The summed E-state index contributed by atoms with van der Waals surface area (Å²) in [6, 6.07) is 20.9. The van der Waals surface area contributed by atoms with Gasteiger partial charge in [0.1, 0.15) is 0 Å². The molecule has 0 aromatic heterocycles. The fourth-order valence-corrected chi connectivity index (χ4v) is 3.96. The van der Waals surface area contributed by atoms with Crippen molar-refractivity contribution in [1.29, 1.82) is 0 Å². The highest BCUT2D eigenvalue weighted by atomic mass is 16.2. The molecule has 4 rings (SSSR count). The molecule has 3 atom stereocenters. The number of carbonyl (C=O) groups is 1. The van der Waals surface area contributed by atoms with Crippen molar-refractivity contribution in [2.45, 2.75) is 31.3 Å². The number of piperidine rings is 1. The zero-order valence-electron chi connectivity index (χ0n) is 12.2. The molecule has 2 aromatic rings. The monoisotopic (exact) mass is 277 g/mol. The van der Waals surface area contributed by atoms with Crippen LogP contribution < -0.4 is 0 Å². The molecule has 106 valence electrons. The molecule has 0 unspecified atom stereocenters. The van der Waals surface area contributed by atoms with Crippen LogP contribution in [0.25, 0.3) is 0 Å². The van der Waals surface area contributed by atoms with Crippen molar-refractivity contribution >= 4 is 5.91 Å². The van der Waals surface area contributed by atoms with Crippen molar-refractivity contribution in [3.8, 4) is 0 Å². The maximum Gasteiger partial charge on any atom is 0.234 e. The van der Waals surface area contributed by atoms with Gasteiger partial charge in [-0.2, -0.15) is 0 Å². The molecular weight excluding hydrogens is 258 g/mol. The third-order valence-corrected chi connectivity index (χ3v) is 5.22. The summed E-state index contributed by atoms with van der Waals surface area (Å²) >= 11 is 0. The molecular formula is C19H19NO. The van der Waals surface area contributed by atoms with Gasteiger partial charge in [0.25, 0.3) is 0 Å². The molecule has 0 bridgehead atoms. The first-order chi connectivity index (χ1) is 10.2. The number of carbonyl (C=O) groups excluding carboxylic acids is 1. The topological polar surface area (TPSA) is 20.3 Å². The molecule has 1 aliphatic carbocycles. The third kappa shape index (κ3) is 1.75. The fourth-order valence-electron chi connectivity index (χ4n) is 3.96. The lowest BCUT2D eigenvalue weighted by Crippen LogP contribution is -2.37. The molecule has 0 spiro atoms. The van der Waals surface area contributed by atoms with Gasteiger partial charge < -0.3 is 4.90 Å². The molecule has 0 N–H and O–H groups in total. The Labute approximate surface area is 125 Å². The van der Waals surface area contributed by atoms with Crippen molar-refractivity contribution < 1.29 is 4.79 Å². The first-order valence-corrected chi connectivity index (χ1v) is 7.64. The van der Waals surface area contributed by atoms with Gasteiger partial charge in [0, 0.05) is 12.6 Å². The second-order valence-corrected chi connectivity index (χ2v) is 6.31. The average Bonchev–Trinajstić information content (AvgIpc) is 3.26. The van der Waals surface area contributed by atoms with Crippen molar-refractivity contribution in [1.82, 2.24) is 4.90 Å². The largest absolute Gasteiger partial charge is 0.335 e. The molecule has 2 aromatic carbocycles. The second-order valence-electron chi connectivity index (χ2n) is 6.31. The van der Waals surface area contributed by atoms with E-state index in [0.717, 1.165) is 13.0 Å². The van der Waals surface area contributed by atoms with E-state index in [1.165, 1.54) is 11.1 Å². The van der Waals surface area contributed by atoms with Gasteiger partial charge in [0.2, 0.25) is 5.91 Å². The van der Waals surface area contributed by atoms with Crippen LogP contribution in [-0.2, 0) is 16.8 Å². The van der Waals surface area contributed by atoms with Crippen LogP contribution in [0.3, 0.4) is 0 Å². The minimum Gasteiger partial charge on any atom is -0.335 e. The van der Waals surface area contributed by atoms with E-state index in [9.17, 15) is 4.79 Å². The summed E-state index contributed by atoms with van der Waals surface area (Å²) < 4.78 is 0. The summed E-state index contributed by atoms with van der Waals surface area (Å²) in [6.07, 6.45) is 1.02. The van der Waals surface area contributed by atoms with Crippen LogP contribution >= 0.6 is 0 Å². The van der Waals surface area contributed by atoms with E-state index in [4.69, 9.17) is 0 Å². The molecule has 1 aliphatic heterocycles. The summed E-state index contributed by atoms with van der Waals surface area (Å²) in [6.45, 7) is 2.93. The summed E-state index contributed by atoms with van der Waals surface area (Å²) in [5.41, 5.74) is 2.18. The number of amides is 1. The van der Waals surface area contributed by atoms with Gasteiger partial charge in [-0.15, -0.1) is 0 Å². The van der Waals surface area contributed by atoms with Gasteiger partial charge in [-0.3, -0.25) is 4.79 Å². The van der Waals surface area contributed by atoms with Gasteiger partial charge in [-0.05, 0) is 30.4 Å². The number of likely N-dealkylation sites (tertiary alicyclic amines) is 1. The highest BCUT2D eigenvalue weighted by Gasteiger charge is 2.70. The zero-order chi connectivity index (χ0) is 14.4. The summed E-state index contributed by atoms with van der Waals surface area (Å²) in [4.78, 5) is 15.1. The second kappa shape index (κ2) is 4.45. The van der Waals surface area contributed by atoms with Gasteiger partial charge >= 0.3 is 0 Å². The number of hydrogen-bond donors (Lipinski definition) is 0. The van der Waals surface area contributed by atoms with Crippen LogP contribution in [0.5, 0.6) is 0 Å². The average molecular weight is 277 g/mol. The van der Waals surface area contributed by atoms with Gasteiger partial charge in [-0.1, -0.05) is 60.7 Å². The predicted octanol–water partition coefficient (Wildman–Crippen LogP) is 3.38. The Kier molecular flexibility index (Phi) is 2.68. The van der Waals surface area contributed by atoms with E-state index < -0.39 is 0 Å². The number of fused-ring (bicyclic) bond motifs is 1. The Morgan fingerprint density at radius 3 is 2.33 bits per heavy atom. The van der Waals surface area contributed by atoms with Crippen molar-refractivity contribution in [3.63, 3.8) is 0 Å². The molecule has 1 amide bonds. The number of nitrogens with zero attached hydrogens (tertiary/aromatic N) is 1. The normalized spacial score (nSPS) is 30.3. The predicted molar refractivity (Wildman–Crippen MR) is 82.7 cm³/mol. The number of hydrogen-bond acceptors (Lipinski definition) is 1. The molecule has 21 heavy (non-hydrogen) atoms. The van der Waals surface area contributed by atoms with Gasteiger partial charge in [0.15, 0.2) is 0 Å². The van der Waals surface area contributed by atoms with Crippen LogP contribution in [-0.4, -0.2) is 16.8 Å². The first kappa shape index (κ1) is 12.6. The smallest absolute Gasteiger partial charge is 0.234 e. The van der Waals surface area contributed by atoms with Crippen LogP contribution in [0.1, 0.15) is 24.5 Å². The molecule has 2 aliphatic rings. The molecule has 1 heterocycles. The van der Waals surface area contributed by atoms with Gasteiger partial charge in [0.05, 0.1) is 5.41 Å². The summed E-state index contributed by atoms with van der Waals surface area (Å²) in [5.74, 6) is 0.797. The third-order valence-electron chi connectivity index (χ3n) is 5.22. The van der Waals surface area contributed by atoms with Crippen molar-refractivity contribution in [2.75, 3.05) is 0 Å². The molecule has 2 heteroatoms. The highest BCUT2D eigenvalue weighted by Crippen LogP contribution is 2.62. The van der Waals surface area contributed by atoms with Crippen LogP contribution in [0.4, 0.5) is 0 Å². The minimum absolute atomic E-state index is 0.227. The Bertz CT molecular complexity index is 666. The zero-order valence-corrected chi connectivity index (χ0v) is 12.2. The Morgan fingerprint density at radius 1 is 1.05 bits per heavy atom. The Balaban J connectivity index is 1.64. The Hall–Kier alpha value is -2.09. The summed E-state index contributed by atoms with van der Waals surface area (Å²) in [5, 5.41) is 0. The molecule has 1 saturated heterocycles. The van der Waals surface area contributed by atoms with Crippen molar-refractivity contribution in [2.24, 2.45) is 5.92 Å².